The summed E-state index contributed by atoms with van der Waals surface area (Å²) in [6, 6.07) is 0. The van der Waals surface area contributed by atoms with Crippen LogP contribution in [0.3, 0.4) is 0 Å². The molecule has 0 bridgehead atoms. The minimum absolute atomic E-state index is 0.688. The number of aryl methyl sites for hydroxylation is 2. The smallest absolute Gasteiger partial charge is 0.104 e. The fourth-order valence-electron chi connectivity index (χ4n) is 1.28. The zero-order valence-corrected chi connectivity index (χ0v) is 10.4. The average molecular weight is 221 g/mol. The van der Waals surface area contributed by atoms with Gasteiger partial charge in [0.1, 0.15) is 5.69 Å². The molecular formula is C11H19N5. The van der Waals surface area contributed by atoms with E-state index in [2.05, 4.69) is 15.4 Å². The van der Waals surface area contributed by atoms with Crippen molar-refractivity contribution in [1.82, 2.24) is 24.8 Å². The summed E-state index contributed by atoms with van der Waals surface area (Å²) in [5.41, 5.74) is 2.10. The van der Waals surface area contributed by atoms with E-state index in [1.54, 1.807) is 0 Å². The summed E-state index contributed by atoms with van der Waals surface area (Å²) in [4.78, 5) is 0. The molecule has 0 aliphatic rings. The molecule has 0 unspecified atom stereocenters. The lowest BCUT2D eigenvalue weighted by atomic mass is 10.4. The fourth-order valence-corrected chi connectivity index (χ4v) is 1.28. The Morgan fingerprint density at radius 3 is 2.44 bits per heavy atom. The highest BCUT2D eigenvalue weighted by molar-refractivity contribution is 5.02. The van der Waals surface area contributed by atoms with E-state index in [1.165, 1.54) is 0 Å². The predicted molar refractivity (Wildman–Crippen MR) is 63.1 cm³/mol. The molecule has 0 amide bonds. The lowest BCUT2D eigenvalue weighted by Gasteiger charge is -1.94. The largest absolute Gasteiger partial charge is 0.266 e. The van der Waals surface area contributed by atoms with Crippen molar-refractivity contribution in [2.75, 3.05) is 0 Å². The summed E-state index contributed by atoms with van der Waals surface area (Å²) in [5, 5.41) is 12.2. The number of hydrogen-bond donors (Lipinski definition) is 0. The Hall–Kier alpha value is -1.65. The molecule has 0 spiro atoms. The highest BCUT2D eigenvalue weighted by Crippen LogP contribution is 1.99. The third-order valence-electron chi connectivity index (χ3n) is 2.00. The summed E-state index contributed by atoms with van der Waals surface area (Å²) in [5.74, 6) is 0. The van der Waals surface area contributed by atoms with Crippen molar-refractivity contribution in [3.05, 3.63) is 29.8 Å². The maximum atomic E-state index is 4.19. The van der Waals surface area contributed by atoms with Gasteiger partial charge in [0.15, 0.2) is 0 Å². The first-order valence-corrected chi connectivity index (χ1v) is 5.66. The van der Waals surface area contributed by atoms with Gasteiger partial charge in [-0.2, -0.15) is 5.10 Å². The van der Waals surface area contributed by atoms with E-state index in [1.807, 2.05) is 55.6 Å². The van der Waals surface area contributed by atoms with Gasteiger partial charge >= 0.3 is 0 Å². The topological polar surface area (TPSA) is 48.5 Å². The van der Waals surface area contributed by atoms with Crippen molar-refractivity contribution in [3.63, 3.8) is 0 Å². The minimum atomic E-state index is 0.688. The van der Waals surface area contributed by atoms with Crippen LogP contribution < -0.4 is 0 Å². The highest BCUT2D eigenvalue weighted by atomic mass is 15.4. The van der Waals surface area contributed by atoms with Crippen LogP contribution in [0.4, 0.5) is 0 Å². The quantitative estimate of drug-likeness (QED) is 0.795. The maximum absolute atomic E-state index is 4.19. The Morgan fingerprint density at radius 2 is 1.94 bits per heavy atom. The molecule has 0 aliphatic heterocycles. The molecule has 16 heavy (non-hydrogen) atoms. The zero-order valence-electron chi connectivity index (χ0n) is 10.4. The van der Waals surface area contributed by atoms with E-state index in [4.69, 9.17) is 0 Å². The zero-order chi connectivity index (χ0) is 12.0. The minimum Gasteiger partial charge on any atom is -0.266 e. The van der Waals surface area contributed by atoms with E-state index >= 15 is 0 Å². The van der Waals surface area contributed by atoms with Gasteiger partial charge in [0.25, 0.3) is 0 Å². The van der Waals surface area contributed by atoms with Gasteiger partial charge in [-0.05, 0) is 19.4 Å². The van der Waals surface area contributed by atoms with E-state index in [9.17, 15) is 0 Å². The summed E-state index contributed by atoms with van der Waals surface area (Å²) in [6.45, 7) is 9.60. The molecule has 5 nitrogen and oxygen atoms in total. The summed E-state index contributed by atoms with van der Waals surface area (Å²) in [6.07, 6.45) is 5.77. The Balaban J connectivity index is 0.000000606. The molecule has 2 rings (SSSR count). The van der Waals surface area contributed by atoms with Crippen LogP contribution in [0.5, 0.6) is 0 Å². The summed E-state index contributed by atoms with van der Waals surface area (Å²) >= 11 is 0. The monoisotopic (exact) mass is 221 g/mol. The van der Waals surface area contributed by atoms with Crippen LogP contribution in [0, 0.1) is 6.92 Å². The fraction of sp³-hybridized carbons (Fsp3) is 0.545. The molecule has 2 aromatic rings. The highest BCUT2D eigenvalue weighted by Gasteiger charge is 2.01. The van der Waals surface area contributed by atoms with Crippen molar-refractivity contribution >= 4 is 0 Å². The van der Waals surface area contributed by atoms with Crippen molar-refractivity contribution in [1.29, 1.82) is 0 Å². The molecule has 88 valence electrons. The van der Waals surface area contributed by atoms with Crippen LogP contribution in [-0.4, -0.2) is 24.8 Å². The maximum Gasteiger partial charge on any atom is 0.104 e. The van der Waals surface area contributed by atoms with E-state index < -0.39 is 0 Å². The lowest BCUT2D eigenvalue weighted by molar-refractivity contribution is 0.625. The second kappa shape index (κ2) is 6.05. The van der Waals surface area contributed by atoms with Crippen LogP contribution in [0.25, 0.3) is 0 Å². The first-order valence-electron chi connectivity index (χ1n) is 5.66. The van der Waals surface area contributed by atoms with E-state index in [0.29, 0.717) is 6.54 Å². The molecule has 0 radical (unpaired) electrons. The number of hydrogen-bond acceptors (Lipinski definition) is 3. The molecule has 0 aromatic carbocycles. The van der Waals surface area contributed by atoms with Crippen LogP contribution in [0.1, 0.15) is 32.0 Å². The van der Waals surface area contributed by atoms with Gasteiger partial charge in [0.2, 0.25) is 0 Å². The van der Waals surface area contributed by atoms with Gasteiger partial charge in [-0.15, -0.1) is 5.10 Å². The van der Waals surface area contributed by atoms with Gasteiger partial charge in [-0.3, -0.25) is 9.36 Å². The number of aromatic nitrogens is 5. The molecule has 0 fully saturated rings. The van der Waals surface area contributed by atoms with Gasteiger partial charge in [0, 0.05) is 12.7 Å². The summed E-state index contributed by atoms with van der Waals surface area (Å²) < 4.78 is 3.67. The average Bonchev–Trinajstić information content (AvgIpc) is 2.91. The number of rotatable bonds is 3. The second-order valence-electron chi connectivity index (χ2n) is 3.28. The van der Waals surface area contributed by atoms with Gasteiger partial charge in [-0.25, -0.2) is 0 Å². The molecule has 0 saturated heterocycles. The van der Waals surface area contributed by atoms with Crippen molar-refractivity contribution < 1.29 is 0 Å². The first kappa shape index (κ1) is 12.4. The van der Waals surface area contributed by atoms with E-state index in [-0.39, 0.29) is 0 Å². The van der Waals surface area contributed by atoms with Gasteiger partial charge < -0.3 is 0 Å². The SMILES string of the molecule is CC.CCn1cc(Cn2cc(C)cn2)nn1. The second-order valence-corrected chi connectivity index (χ2v) is 3.28. The van der Waals surface area contributed by atoms with E-state index in [0.717, 1.165) is 17.8 Å². The van der Waals surface area contributed by atoms with Crippen molar-refractivity contribution in [2.45, 2.75) is 40.8 Å². The molecule has 2 heterocycles. The molecule has 0 N–H and O–H groups in total. The van der Waals surface area contributed by atoms with Crippen LogP contribution >= 0.6 is 0 Å². The number of nitrogens with zero attached hydrogens (tertiary/aromatic N) is 5. The van der Waals surface area contributed by atoms with Crippen molar-refractivity contribution in [3.8, 4) is 0 Å². The molecule has 0 atom stereocenters. The molecule has 5 heteroatoms. The normalized spacial score (nSPS) is 9.75. The Morgan fingerprint density at radius 1 is 1.19 bits per heavy atom. The standard InChI is InChI=1S/C9H13N5.C2H6/c1-3-13-6-9(11-12-13)7-14-5-8(2)4-10-14;1-2/h4-6H,3,7H2,1-2H3;1-2H3. The Bertz CT molecular complexity index is 415. The van der Waals surface area contributed by atoms with Crippen LogP contribution in [0.15, 0.2) is 18.6 Å². The Labute approximate surface area is 96.1 Å². The van der Waals surface area contributed by atoms with Crippen LogP contribution in [0.2, 0.25) is 0 Å². The molecular weight excluding hydrogens is 202 g/mol. The Kier molecular flexibility index (Phi) is 4.69. The van der Waals surface area contributed by atoms with Gasteiger partial charge in [0.05, 0.1) is 18.9 Å². The van der Waals surface area contributed by atoms with Crippen molar-refractivity contribution in [2.24, 2.45) is 0 Å². The third-order valence-corrected chi connectivity index (χ3v) is 2.00. The predicted octanol–water partition coefficient (Wildman–Crippen LogP) is 1.88. The first-order chi connectivity index (χ1) is 7.78. The van der Waals surface area contributed by atoms with Crippen LogP contribution in [-0.2, 0) is 13.1 Å². The summed E-state index contributed by atoms with van der Waals surface area (Å²) in [7, 11) is 0. The molecule has 2 aromatic heterocycles. The molecule has 0 saturated carbocycles. The molecule has 0 aliphatic carbocycles. The lowest BCUT2D eigenvalue weighted by Crippen LogP contribution is -2.00. The van der Waals surface area contributed by atoms with Gasteiger partial charge in [-0.1, -0.05) is 19.1 Å². The third kappa shape index (κ3) is 3.18.